The van der Waals surface area contributed by atoms with E-state index in [1.807, 2.05) is 24.3 Å². The maximum atomic E-state index is 13.6. The van der Waals surface area contributed by atoms with Crippen LogP contribution in [0.25, 0.3) is 0 Å². The number of halogens is 2. The highest BCUT2D eigenvalue weighted by Gasteiger charge is 2.16. The molecule has 0 fully saturated rings. The lowest BCUT2D eigenvalue weighted by Gasteiger charge is -2.14. The Balaban J connectivity index is 2.02. The molecule has 0 aliphatic heterocycles. The van der Waals surface area contributed by atoms with E-state index in [-0.39, 0.29) is 5.56 Å². The molecule has 0 spiro atoms. The second-order valence-corrected chi connectivity index (χ2v) is 4.63. The van der Waals surface area contributed by atoms with E-state index in [9.17, 15) is 8.78 Å². The van der Waals surface area contributed by atoms with Gasteiger partial charge in [-0.05, 0) is 42.7 Å². The van der Waals surface area contributed by atoms with Crippen LogP contribution in [-0.4, -0.2) is 7.11 Å². The first-order valence-electron chi connectivity index (χ1n) is 6.44. The predicted molar refractivity (Wildman–Crippen MR) is 74.6 cm³/mol. The fraction of sp³-hybridized carbons (Fsp3) is 0.250. The Morgan fingerprint density at radius 2 is 1.65 bits per heavy atom. The van der Waals surface area contributed by atoms with Gasteiger partial charge in [0.05, 0.1) is 7.11 Å². The first kappa shape index (κ1) is 14.5. The van der Waals surface area contributed by atoms with Crippen LogP contribution in [0.15, 0.2) is 42.5 Å². The molecule has 0 aromatic heterocycles. The van der Waals surface area contributed by atoms with Crippen molar-refractivity contribution in [1.82, 2.24) is 0 Å². The Morgan fingerprint density at radius 1 is 1.05 bits per heavy atom. The van der Waals surface area contributed by atoms with Gasteiger partial charge >= 0.3 is 0 Å². The van der Waals surface area contributed by atoms with E-state index < -0.39 is 17.7 Å². The van der Waals surface area contributed by atoms with Crippen molar-refractivity contribution in [3.8, 4) is 5.75 Å². The van der Waals surface area contributed by atoms with Crippen molar-refractivity contribution in [1.29, 1.82) is 0 Å². The summed E-state index contributed by atoms with van der Waals surface area (Å²) in [5.74, 6) is -0.405. The van der Waals surface area contributed by atoms with Crippen LogP contribution in [0.4, 0.5) is 8.78 Å². The number of methoxy groups -OCH3 is 1. The van der Waals surface area contributed by atoms with Crippen LogP contribution in [-0.2, 0) is 6.42 Å². The standard InChI is InChI=1S/C16H17F2NO/c1-20-12-8-5-11(6-9-12)7-10-15(19)16-13(17)3-2-4-14(16)18/h2-6,8-9,15H,7,10,19H2,1H3. The number of hydrogen-bond acceptors (Lipinski definition) is 2. The molecule has 106 valence electrons. The average molecular weight is 277 g/mol. The average Bonchev–Trinajstić information content (AvgIpc) is 2.45. The Hall–Kier alpha value is -1.94. The zero-order valence-electron chi connectivity index (χ0n) is 11.3. The van der Waals surface area contributed by atoms with Crippen molar-refractivity contribution in [3.05, 3.63) is 65.2 Å². The van der Waals surface area contributed by atoms with Crippen LogP contribution in [0, 0.1) is 11.6 Å². The number of hydrogen-bond donors (Lipinski definition) is 1. The van der Waals surface area contributed by atoms with Crippen LogP contribution in [0.1, 0.15) is 23.6 Å². The highest BCUT2D eigenvalue weighted by Crippen LogP contribution is 2.23. The SMILES string of the molecule is COc1ccc(CCC(N)c2c(F)cccc2F)cc1. The molecule has 0 saturated heterocycles. The second kappa shape index (κ2) is 6.48. The van der Waals surface area contributed by atoms with Crippen molar-refractivity contribution >= 4 is 0 Å². The first-order valence-corrected chi connectivity index (χ1v) is 6.44. The summed E-state index contributed by atoms with van der Waals surface area (Å²) < 4.78 is 32.2. The van der Waals surface area contributed by atoms with Gasteiger partial charge in [-0.25, -0.2) is 8.78 Å². The summed E-state index contributed by atoms with van der Waals surface area (Å²) in [7, 11) is 1.60. The first-order chi connectivity index (χ1) is 9.61. The fourth-order valence-corrected chi connectivity index (χ4v) is 2.12. The third kappa shape index (κ3) is 3.33. The Labute approximate surface area is 117 Å². The molecule has 0 heterocycles. The highest BCUT2D eigenvalue weighted by atomic mass is 19.1. The van der Waals surface area contributed by atoms with Crippen molar-refractivity contribution in [2.24, 2.45) is 5.73 Å². The van der Waals surface area contributed by atoms with Crippen LogP contribution in [0.3, 0.4) is 0 Å². The van der Waals surface area contributed by atoms with Crippen LogP contribution in [0.5, 0.6) is 5.75 Å². The summed E-state index contributed by atoms with van der Waals surface area (Å²) >= 11 is 0. The van der Waals surface area contributed by atoms with Gasteiger partial charge in [-0.1, -0.05) is 18.2 Å². The van der Waals surface area contributed by atoms with E-state index >= 15 is 0 Å². The van der Waals surface area contributed by atoms with E-state index in [0.717, 1.165) is 11.3 Å². The van der Waals surface area contributed by atoms with Gasteiger partial charge in [0, 0.05) is 11.6 Å². The zero-order valence-corrected chi connectivity index (χ0v) is 11.3. The van der Waals surface area contributed by atoms with E-state index in [4.69, 9.17) is 10.5 Å². The van der Waals surface area contributed by atoms with Crippen LogP contribution < -0.4 is 10.5 Å². The fourth-order valence-electron chi connectivity index (χ4n) is 2.12. The lowest BCUT2D eigenvalue weighted by molar-refractivity contribution is 0.414. The highest BCUT2D eigenvalue weighted by molar-refractivity contribution is 5.28. The second-order valence-electron chi connectivity index (χ2n) is 4.63. The summed E-state index contributed by atoms with van der Waals surface area (Å²) in [6.45, 7) is 0. The summed E-state index contributed by atoms with van der Waals surface area (Å²) in [6, 6.07) is 10.7. The van der Waals surface area contributed by atoms with E-state index in [2.05, 4.69) is 0 Å². The molecule has 4 heteroatoms. The van der Waals surface area contributed by atoms with E-state index in [1.54, 1.807) is 7.11 Å². The Morgan fingerprint density at radius 3 is 2.20 bits per heavy atom. The van der Waals surface area contributed by atoms with Crippen molar-refractivity contribution in [2.45, 2.75) is 18.9 Å². The molecule has 2 N–H and O–H groups in total. The maximum Gasteiger partial charge on any atom is 0.130 e. The molecule has 2 aromatic rings. The number of ether oxygens (including phenoxy) is 1. The molecule has 1 atom stereocenters. The summed E-state index contributed by atoms with van der Waals surface area (Å²) in [6.07, 6.45) is 1.13. The van der Waals surface area contributed by atoms with Crippen molar-refractivity contribution in [3.63, 3.8) is 0 Å². The topological polar surface area (TPSA) is 35.2 Å². The largest absolute Gasteiger partial charge is 0.497 e. The molecule has 0 saturated carbocycles. The third-order valence-corrected chi connectivity index (χ3v) is 3.27. The van der Waals surface area contributed by atoms with Crippen molar-refractivity contribution < 1.29 is 13.5 Å². The lowest BCUT2D eigenvalue weighted by atomic mass is 9.99. The molecule has 2 rings (SSSR count). The minimum Gasteiger partial charge on any atom is -0.497 e. The molecular formula is C16H17F2NO. The molecule has 0 bridgehead atoms. The van der Waals surface area contributed by atoms with Crippen LogP contribution in [0.2, 0.25) is 0 Å². The smallest absolute Gasteiger partial charge is 0.130 e. The molecule has 20 heavy (non-hydrogen) atoms. The minimum absolute atomic E-state index is 0.0407. The Kier molecular flexibility index (Phi) is 4.69. The number of aryl methyl sites for hydroxylation is 1. The van der Waals surface area contributed by atoms with Gasteiger partial charge in [-0.2, -0.15) is 0 Å². The minimum atomic E-state index is -0.654. The normalized spacial score (nSPS) is 12.2. The van der Waals surface area contributed by atoms with Crippen LogP contribution >= 0.6 is 0 Å². The molecule has 2 nitrogen and oxygen atoms in total. The van der Waals surface area contributed by atoms with Gasteiger partial charge in [0.25, 0.3) is 0 Å². The predicted octanol–water partition coefficient (Wildman–Crippen LogP) is 3.61. The summed E-state index contributed by atoms with van der Waals surface area (Å²) in [5, 5.41) is 0. The Bertz CT molecular complexity index is 549. The summed E-state index contributed by atoms with van der Waals surface area (Å²) in [4.78, 5) is 0. The molecule has 0 amide bonds. The third-order valence-electron chi connectivity index (χ3n) is 3.27. The molecule has 1 unspecified atom stereocenters. The number of benzene rings is 2. The van der Waals surface area contributed by atoms with Gasteiger partial charge < -0.3 is 10.5 Å². The zero-order chi connectivity index (χ0) is 14.5. The monoisotopic (exact) mass is 277 g/mol. The summed E-state index contributed by atoms with van der Waals surface area (Å²) in [5.41, 5.74) is 6.91. The lowest BCUT2D eigenvalue weighted by Crippen LogP contribution is -2.15. The van der Waals surface area contributed by atoms with E-state index in [1.165, 1.54) is 18.2 Å². The van der Waals surface area contributed by atoms with Gasteiger partial charge in [0.2, 0.25) is 0 Å². The van der Waals surface area contributed by atoms with Gasteiger partial charge in [-0.3, -0.25) is 0 Å². The molecule has 0 aliphatic carbocycles. The molecule has 2 aromatic carbocycles. The number of nitrogens with two attached hydrogens (primary N) is 1. The van der Waals surface area contributed by atoms with Crippen molar-refractivity contribution in [2.75, 3.05) is 7.11 Å². The maximum absolute atomic E-state index is 13.6. The van der Waals surface area contributed by atoms with Gasteiger partial charge in [0.1, 0.15) is 17.4 Å². The quantitative estimate of drug-likeness (QED) is 0.906. The van der Waals surface area contributed by atoms with Gasteiger partial charge in [-0.15, -0.1) is 0 Å². The molecule has 0 radical (unpaired) electrons. The molecule has 0 aliphatic rings. The van der Waals surface area contributed by atoms with Gasteiger partial charge in [0.15, 0.2) is 0 Å². The molecular weight excluding hydrogens is 260 g/mol. The van der Waals surface area contributed by atoms with E-state index in [0.29, 0.717) is 12.8 Å². The number of rotatable bonds is 5.